The van der Waals surface area contributed by atoms with Crippen LogP contribution in [0.4, 0.5) is 0 Å². The molecule has 0 spiro atoms. The Morgan fingerprint density at radius 2 is 1.95 bits per heavy atom. The number of nitrogens with one attached hydrogen (secondary N) is 3. The monoisotopic (exact) mass is 576 g/mol. The van der Waals surface area contributed by atoms with Crippen LogP contribution in [0, 0.1) is 5.92 Å². The molecule has 10 nitrogen and oxygen atoms in total. The summed E-state index contributed by atoms with van der Waals surface area (Å²) in [5.41, 5.74) is 3.32. The third-order valence-electron chi connectivity index (χ3n) is 7.93. The van der Waals surface area contributed by atoms with E-state index in [1.807, 2.05) is 66.9 Å². The zero-order chi connectivity index (χ0) is 30.2. The maximum absolute atomic E-state index is 13.8. The number of likely N-dealkylation sites (tertiary alicyclic amines) is 1. The molecule has 4 rings (SSSR count). The first-order valence-corrected chi connectivity index (χ1v) is 15.0. The van der Waals surface area contributed by atoms with Crippen LogP contribution in [0.5, 0.6) is 0 Å². The fourth-order valence-electron chi connectivity index (χ4n) is 5.44. The standard InChI is InChI=1S/C32H44N6O4/c1-6-42-17-9-14-35-31(40)26-10-7-11-28-25(26)13-16-37(28)24-18-23(19-34-20-24)27-12-8-15-38(27)32(41)29(21(2)3)36-30(39)22(4)33-5/h7,10-11,13,16,18-22,27,29,33H,6,8-9,12,14-15,17H2,1-5H3,(H,35,40)(H,36,39)/t22-,27-,29-/m0/s1. The van der Waals surface area contributed by atoms with Crippen LogP contribution in [0.2, 0.25) is 0 Å². The maximum Gasteiger partial charge on any atom is 0.251 e. The summed E-state index contributed by atoms with van der Waals surface area (Å²) in [6.45, 7) is 10.1. The van der Waals surface area contributed by atoms with Crippen LogP contribution in [0.15, 0.2) is 48.9 Å². The van der Waals surface area contributed by atoms with Gasteiger partial charge in [-0.3, -0.25) is 19.4 Å². The summed E-state index contributed by atoms with van der Waals surface area (Å²) < 4.78 is 7.38. The number of carbonyl (C=O) groups is 3. The normalized spacial score (nSPS) is 16.5. The third-order valence-corrected chi connectivity index (χ3v) is 7.93. The van der Waals surface area contributed by atoms with Crippen molar-refractivity contribution < 1.29 is 19.1 Å². The Bertz CT molecular complexity index is 1390. The van der Waals surface area contributed by atoms with E-state index in [0.717, 1.165) is 41.4 Å². The van der Waals surface area contributed by atoms with Crippen molar-refractivity contribution in [2.24, 2.45) is 5.92 Å². The van der Waals surface area contributed by atoms with Crippen molar-refractivity contribution in [3.05, 3.63) is 60.0 Å². The molecular formula is C32H44N6O4. The lowest BCUT2D eigenvalue weighted by atomic mass is 10.00. The van der Waals surface area contributed by atoms with Crippen molar-refractivity contribution >= 4 is 28.6 Å². The number of rotatable bonds is 13. The lowest BCUT2D eigenvalue weighted by Crippen LogP contribution is -2.54. The van der Waals surface area contributed by atoms with Crippen molar-refractivity contribution in [2.75, 3.05) is 33.4 Å². The molecular weight excluding hydrogens is 532 g/mol. The largest absolute Gasteiger partial charge is 0.382 e. The number of likely N-dealkylation sites (N-methyl/N-ethyl adjacent to an activating group) is 1. The predicted octanol–water partition coefficient (Wildman–Crippen LogP) is 3.59. The second kappa shape index (κ2) is 14.4. The van der Waals surface area contributed by atoms with E-state index in [2.05, 4.69) is 27.0 Å². The van der Waals surface area contributed by atoms with Gasteiger partial charge in [0.25, 0.3) is 5.91 Å². The number of pyridine rings is 1. The average Bonchev–Trinajstić information content (AvgIpc) is 3.66. The number of aromatic nitrogens is 2. The van der Waals surface area contributed by atoms with E-state index in [4.69, 9.17) is 4.74 Å². The zero-order valence-corrected chi connectivity index (χ0v) is 25.4. The summed E-state index contributed by atoms with van der Waals surface area (Å²) in [5.74, 6) is -0.434. The second-order valence-corrected chi connectivity index (χ2v) is 11.1. The first kappa shape index (κ1) is 31.2. The van der Waals surface area contributed by atoms with E-state index in [0.29, 0.717) is 31.9 Å². The van der Waals surface area contributed by atoms with Gasteiger partial charge in [-0.2, -0.15) is 0 Å². The Labute approximate surface area is 248 Å². The Hall–Kier alpha value is -3.76. The van der Waals surface area contributed by atoms with Crippen molar-refractivity contribution in [3.8, 4) is 5.69 Å². The van der Waals surface area contributed by atoms with Gasteiger partial charge in [0.15, 0.2) is 0 Å². The lowest BCUT2D eigenvalue weighted by molar-refractivity contribution is -0.138. The molecule has 0 unspecified atom stereocenters. The molecule has 1 aliphatic heterocycles. The van der Waals surface area contributed by atoms with Gasteiger partial charge in [0.2, 0.25) is 11.8 Å². The summed E-state index contributed by atoms with van der Waals surface area (Å²) in [6, 6.07) is 8.59. The van der Waals surface area contributed by atoms with E-state index in [9.17, 15) is 14.4 Å². The Morgan fingerprint density at radius 3 is 2.69 bits per heavy atom. The molecule has 1 fully saturated rings. The van der Waals surface area contributed by atoms with Gasteiger partial charge in [0.1, 0.15) is 6.04 Å². The van der Waals surface area contributed by atoms with Gasteiger partial charge >= 0.3 is 0 Å². The fourth-order valence-corrected chi connectivity index (χ4v) is 5.44. The van der Waals surface area contributed by atoms with Crippen LogP contribution < -0.4 is 16.0 Å². The molecule has 3 amide bonds. The van der Waals surface area contributed by atoms with Crippen molar-refractivity contribution in [1.82, 2.24) is 30.4 Å². The first-order chi connectivity index (χ1) is 20.3. The lowest BCUT2D eigenvalue weighted by Gasteiger charge is -2.32. The van der Waals surface area contributed by atoms with Crippen LogP contribution in [0.3, 0.4) is 0 Å². The number of amides is 3. The summed E-state index contributed by atoms with van der Waals surface area (Å²) >= 11 is 0. The number of carbonyl (C=O) groups excluding carboxylic acids is 3. The molecule has 10 heteroatoms. The van der Waals surface area contributed by atoms with Gasteiger partial charge in [0.05, 0.1) is 29.5 Å². The Kier molecular flexibility index (Phi) is 10.7. The highest BCUT2D eigenvalue weighted by molar-refractivity contribution is 6.06. The summed E-state index contributed by atoms with van der Waals surface area (Å²) in [6.07, 6.45) is 8.01. The van der Waals surface area contributed by atoms with E-state index in [1.165, 1.54) is 0 Å². The SMILES string of the molecule is CCOCCCNC(=O)c1cccc2c1ccn2-c1cncc([C@@H]2CCCN2C(=O)[C@@H](NC(=O)[C@H](C)NC)C(C)C)c1. The minimum atomic E-state index is -0.609. The summed E-state index contributed by atoms with van der Waals surface area (Å²) in [5, 5.41) is 9.74. The van der Waals surface area contributed by atoms with E-state index >= 15 is 0 Å². The predicted molar refractivity (Wildman–Crippen MR) is 163 cm³/mol. The first-order valence-electron chi connectivity index (χ1n) is 15.0. The number of hydrogen-bond donors (Lipinski definition) is 3. The molecule has 42 heavy (non-hydrogen) atoms. The van der Waals surface area contributed by atoms with Gasteiger partial charge in [0, 0.05) is 49.6 Å². The van der Waals surface area contributed by atoms with Crippen LogP contribution >= 0.6 is 0 Å². The molecule has 226 valence electrons. The van der Waals surface area contributed by atoms with Gasteiger partial charge in [-0.15, -0.1) is 0 Å². The van der Waals surface area contributed by atoms with Crippen molar-refractivity contribution in [2.45, 2.75) is 65.1 Å². The number of benzene rings is 1. The van der Waals surface area contributed by atoms with Crippen LogP contribution in [-0.2, 0) is 14.3 Å². The molecule has 0 bridgehead atoms. The van der Waals surface area contributed by atoms with Crippen LogP contribution in [0.1, 0.15) is 68.9 Å². The van der Waals surface area contributed by atoms with Crippen molar-refractivity contribution in [1.29, 1.82) is 0 Å². The number of nitrogens with zero attached hydrogens (tertiary/aromatic N) is 3. The molecule has 0 radical (unpaired) electrons. The summed E-state index contributed by atoms with van der Waals surface area (Å²) in [7, 11) is 1.72. The van der Waals surface area contributed by atoms with Gasteiger partial charge in [-0.25, -0.2) is 0 Å². The zero-order valence-electron chi connectivity index (χ0n) is 25.4. The molecule has 3 N–H and O–H groups in total. The van der Waals surface area contributed by atoms with Gasteiger partial charge in [-0.05, 0) is 75.9 Å². The van der Waals surface area contributed by atoms with Crippen LogP contribution in [-0.4, -0.2) is 77.6 Å². The highest BCUT2D eigenvalue weighted by Crippen LogP contribution is 2.34. The topological polar surface area (TPSA) is 118 Å². The smallest absolute Gasteiger partial charge is 0.251 e. The fraction of sp³-hybridized carbons (Fsp3) is 0.500. The van der Waals surface area contributed by atoms with E-state index < -0.39 is 12.1 Å². The Morgan fingerprint density at radius 1 is 1.14 bits per heavy atom. The Balaban J connectivity index is 1.55. The van der Waals surface area contributed by atoms with Crippen LogP contribution in [0.25, 0.3) is 16.6 Å². The molecule has 3 heterocycles. The van der Waals surface area contributed by atoms with E-state index in [-0.39, 0.29) is 29.7 Å². The second-order valence-electron chi connectivity index (χ2n) is 11.1. The van der Waals surface area contributed by atoms with Gasteiger partial charge < -0.3 is 30.2 Å². The molecule has 0 aliphatic carbocycles. The highest BCUT2D eigenvalue weighted by Gasteiger charge is 2.36. The number of fused-ring (bicyclic) bond motifs is 1. The quantitative estimate of drug-likeness (QED) is 0.268. The molecule has 3 aromatic rings. The number of ether oxygens (including phenoxy) is 1. The minimum absolute atomic E-state index is 0.0569. The summed E-state index contributed by atoms with van der Waals surface area (Å²) in [4.78, 5) is 45.7. The maximum atomic E-state index is 13.8. The van der Waals surface area contributed by atoms with E-state index in [1.54, 1.807) is 20.2 Å². The molecule has 2 aromatic heterocycles. The molecule has 1 aliphatic rings. The highest BCUT2D eigenvalue weighted by atomic mass is 16.5. The molecule has 3 atom stereocenters. The molecule has 0 saturated carbocycles. The van der Waals surface area contributed by atoms with Crippen molar-refractivity contribution in [3.63, 3.8) is 0 Å². The van der Waals surface area contributed by atoms with Gasteiger partial charge in [-0.1, -0.05) is 19.9 Å². The molecule has 1 saturated heterocycles. The molecule has 1 aromatic carbocycles. The minimum Gasteiger partial charge on any atom is -0.382 e. The number of hydrogen-bond acceptors (Lipinski definition) is 6. The average molecular weight is 577 g/mol. The third kappa shape index (κ3) is 6.99.